The predicted octanol–water partition coefficient (Wildman–Crippen LogP) is 2.37. The number of rotatable bonds is 6. The predicted molar refractivity (Wildman–Crippen MR) is 68.0 cm³/mol. The van der Waals surface area contributed by atoms with Crippen LogP contribution in [0.3, 0.4) is 0 Å². The van der Waals surface area contributed by atoms with Crippen LogP contribution in [0.1, 0.15) is 47.5 Å². The van der Waals surface area contributed by atoms with Gasteiger partial charge in [-0.3, -0.25) is 4.99 Å². The molecule has 90 valence electrons. The van der Waals surface area contributed by atoms with E-state index in [4.69, 9.17) is 5.73 Å². The van der Waals surface area contributed by atoms with Crippen LogP contribution < -0.4 is 11.1 Å². The average molecular weight is 213 g/mol. The second-order valence-electron chi connectivity index (χ2n) is 5.39. The first-order chi connectivity index (χ1) is 6.87. The molecule has 0 aromatic rings. The first-order valence-corrected chi connectivity index (χ1v) is 5.91. The van der Waals surface area contributed by atoms with E-state index in [2.05, 4.69) is 44.9 Å². The molecule has 0 aromatic heterocycles. The standard InChI is InChI=1S/C12H27N3/c1-6-7-14-11(13)15-9-12(4,5)8-10(2)3/h10H,6-9H2,1-5H3,(H3,13,14,15). The largest absolute Gasteiger partial charge is 0.370 e. The Labute approximate surface area is 94.5 Å². The first kappa shape index (κ1) is 14.3. The lowest BCUT2D eigenvalue weighted by Crippen LogP contribution is -2.33. The summed E-state index contributed by atoms with van der Waals surface area (Å²) in [5.74, 6) is 1.29. The summed E-state index contributed by atoms with van der Waals surface area (Å²) in [5.41, 5.74) is 5.98. The van der Waals surface area contributed by atoms with Gasteiger partial charge in [-0.15, -0.1) is 0 Å². The normalized spacial score (nSPS) is 13.3. The summed E-state index contributed by atoms with van der Waals surface area (Å²) in [4.78, 5) is 4.37. The Balaban J connectivity index is 3.99. The van der Waals surface area contributed by atoms with Crippen LogP contribution in [-0.2, 0) is 0 Å². The van der Waals surface area contributed by atoms with Crippen molar-refractivity contribution in [1.29, 1.82) is 0 Å². The minimum absolute atomic E-state index is 0.243. The second kappa shape index (κ2) is 6.70. The van der Waals surface area contributed by atoms with Gasteiger partial charge in [-0.05, 0) is 24.2 Å². The van der Waals surface area contributed by atoms with Gasteiger partial charge in [-0.1, -0.05) is 34.6 Å². The van der Waals surface area contributed by atoms with Crippen LogP contribution in [0.5, 0.6) is 0 Å². The van der Waals surface area contributed by atoms with Crippen molar-refractivity contribution in [3.63, 3.8) is 0 Å². The van der Waals surface area contributed by atoms with Gasteiger partial charge in [0.15, 0.2) is 5.96 Å². The number of guanidine groups is 1. The van der Waals surface area contributed by atoms with Crippen LogP contribution >= 0.6 is 0 Å². The topological polar surface area (TPSA) is 50.4 Å². The van der Waals surface area contributed by atoms with E-state index < -0.39 is 0 Å². The number of aliphatic imine (C=N–C) groups is 1. The molecule has 0 heterocycles. The SMILES string of the molecule is CCCNC(N)=NCC(C)(C)CC(C)C. The monoisotopic (exact) mass is 213 g/mol. The molecule has 0 aliphatic carbocycles. The third kappa shape index (κ3) is 8.28. The lowest BCUT2D eigenvalue weighted by atomic mass is 9.84. The minimum Gasteiger partial charge on any atom is -0.370 e. The van der Waals surface area contributed by atoms with Crippen molar-refractivity contribution in [2.45, 2.75) is 47.5 Å². The quantitative estimate of drug-likeness (QED) is 0.526. The Morgan fingerprint density at radius 1 is 1.40 bits per heavy atom. The van der Waals surface area contributed by atoms with Crippen molar-refractivity contribution in [3.05, 3.63) is 0 Å². The Kier molecular flexibility index (Phi) is 6.37. The Hall–Kier alpha value is -0.730. The highest BCUT2D eigenvalue weighted by Gasteiger charge is 2.18. The molecular formula is C12H27N3. The molecule has 3 heteroatoms. The van der Waals surface area contributed by atoms with Crippen LogP contribution in [0.4, 0.5) is 0 Å². The van der Waals surface area contributed by atoms with E-state index in [1.165, 1.54) is 6.42 Å². The molecule has 3 nitrogen and oxygen atoms in total. The summed E-state index contributed by atoms with van der Waals surface area (Å²) >= 11 is 0. The van der Waals surface area contributed by atoms with Gasteiger partial charge in [0.2, 0.25) is 0 Å². The van der Waals surface area contributed by atoms with E-state index in [-0.39, 0.29) is 5.41 Å². The summed E-state index contributed by atoms with van der Waals surface area (Å²) in [6.45, 7) is 12.8. The van der Waals surface area contributed by atoms with E-state index in [1.54, 1.807) is 0 Å². The van der Waals surface area contributed by atoms with Gasteiger partial charge in [0.1, 0.15) is 0 Å². The number of nitrogens with one attached hydrogen (secondary N) is 1. The molecule has 3 N–H and O–H groups in total. The molecule has 0 aromatic carbocycles. The fraction of sp³-hybridized carbons (Fsp3) is 0.917. The second-order valence-corrected chi connectivity index (χ2v) is 5.39. The molecule has 15 heavy (non-hydrogen) atoms. The molecule has 0 fully saturated rings. The van der Waals surface area contributed by atoms with Crippen molar-refractivity contribution >= 4 is 5.96 Å². The lowest BCUT2D eigenvalue weighted by Gasteiger charge is -2.24. The molecule has 0 saturated carbocycles. The van der Waals surface area contributed by atoms with E-state index in [9.17, 15) is 0 Å². The zero-order valence-corrected chi connectivity index (χ0v) is 10.9. The van der Waals surface area contributed by atoms with Crippen molar-refractivity contribution in [2.75, 3.05) is 13.1 Å². The molecular weight excluding hydrogens is 186 g/mol. The molecule has 0 spiro atoms. The van der Waals surface area contributed by atoms with Crippen LogP contribution in [0, 0.1) is 11.3 Å². The van der Waals surface area contributed by atoms with Crippen molar-refractivity contribution in [1.82, 2.24) is 5.32 Å². The zero-order valence-electron chi connectivity index (χ0n) is 10.9. The summed E-state index contributed by atoms with van der Waals surface area (Å²) in [5, 5.41) is 3.09. The number of nitrogens with zero attached hydrogens (tertiary/aromatic N) is 1. The molecule has 0 atom stereocenters. The van der Waals surface area contributed by atoms with Gasteiger partial charge in [0.05, 0.1) is 0 Å². The Morgan fingerprint density at radius 3 is 2.47 bits per heavy atom. The maximum absolute atomic E-state index is 5.74. The van der Waals surface area contributed by atoms with E-state index in [0.717, 1.165) is 19.5 Å². The summed E-state index contributed by atoms with van der Waals surface area (Å²) < 4.78 is 0. The molecule has 0 aliphatic heterocycles. The highest BCUT2D eigenvalue weighted by Crippen LogP contribution is 2.25. The van der Waals surface area contributed by atoms with Gasteiger partial charge < -0.3 is 11.1 Å². The first-order valence-electron chi connectivity index (χ1n) is 5.91. The fourth-order valence-corrected chi connectivity index (χ4v) is 1.78. The maximum Gasteiger partial charge on any atom is 0.188 e. The molecule has 0 aliphatic rings. The van der Waals surface area contributed by atoms with Crippen LogP contribution in [0.15, 0.2) is 4.99 Å². The zero-order chi connectivity index (χ0) is 11.9. The molecule has 0 bridgehead atoms. The smallest absolute Gasteiger partial charge is 0.188 e. The van der Waals surface area contributed by atoms with Gasteiger partial charge in [0.25, 0.3) is 0 Å². The van der Waals surface area contributed by atoms with Gasteiger partial charge in [-0.25, -0.2) is 0 Å². The Morgan fingerprint density at radius 2 is 2.00 bits per heavy atom. The third-order valence-corrected chi connectivity index (χ3v) is 2.19. The van der Waals surface area contributed by atoms with E-state index in [0.29, 0.717) is 11.9 Å². The number of hydrogen-bond donors (Lipinski definition) is 2. The molecule has 0 radical (unpaired) electrons. The maximum atomic E-state index is 5.74. The van der Waals surface area contributed by atoms with Crippen molar-refractivity contribution < 1.29 is 0 Å². The van der Waals surface area contributed by atoms with Gasteiger partial charge in [-0.2, -0.15) is 0 Å². The minimum atomic E-state index is 0.243. The van der Waals surface area contributed by atoms with Crippen LogP contribution in [0.2, 0.25) is 0 Å². The third-order valence-electron chi connectivity index (χ3n) is 2.19. The van der Waals surface area contributed by atoms with Crippen molar-refractivity contribution in [3.8, 4) is 0 Å². The fourth-order valence-electron chi connectivity index (χ4n) is 1.78. The highest BCUT2D eigenvalue weighted by molar-refractivity contribution is 5.77. The molecule has 0 unspecified atom stereocenters. The molecule has 0 saturated heterocycles. The average Bonchev–Trinajstić information content (AvgIpc) is 2.09. The van der Waals surface area contributed by atoms with Crippen LogP contribution in [0.25, 0.3) is 0 Å². The summed E-state index contributed by atoms with van der Waals surface area (Å²) in [6, 6.07) is 0. The Bertz CT molecular complexity index is 195. The molecule has 0 rings (SSSR count). The highest BCUT2D eigenvalue weighted by atomic mass is 15.1. The lowest BCUT2D eigenvalue weighted by molar-refractivity contribution is 0.298. The number of hydrogen-bond acceptors (Lipinski definition) is 1. The summed E-state index contributed by atoms with van der Waals surface area (Å²) in [6.07, 6.45) is 2.25. The van der Waals surface area contributed by atoms with Crippen LogP contribution in [-0.4, -0.2) is 19.0 Å². The summed E-state index contributed by atoms with van der Waals surface area (Å²) in [7, 11) is 0. The van der Waals surface area contributed by atoms with Crippen molar-refractivity contribution in [2.24, 2.45) is 22.1 Å². The molecule has 0 amide bonds. The van der Waals surface area contributed by atoms with Gasteiger partial charge >= 0.3 is 0 Å². The number of nitrogens with two attached hydrogens (primary N) is 1. The van der Waals surface area contributed by atoms with E-state index in [1.807, 2.05) is 0 Å². The van der Waals surface area contributed by atoms with E-state index >= 15 is 0 Å². The van der Waals surface area contributed by atoms with Gasteiger partial charge in [0, 0.05) is 13.1 Å².